The lowest BCUT2D eigenvalue weighted by Gasteiger charge is -2.17. The molecule has 1 aliphatic carbocycles. The largest absolute Gasteiger partial charge is 0.508 e. The summed E-state index contributed by atoms with van der Waals surface area (Å²) in [5.41, 5.74) is 2.37. The fourth-order valence-corrected chi connectivity index (χ4v) is 2.76. The third-order valence-electron chi connectivity index (χ3n) is 3.72. The Balaban J connectivity index is 2.29. The van der Waals surface area contributed by atoms with Gasteiger partial charge in [-0.05, 0) is 41.5 Å². The Bertz CT molecular complexity index is 425. The van der Waals surface area contributed by atoms with Gasteiger partial charge >= 0.3 is 5.97 Å². The average molecular weight is 234 g/mol. The highest BCUT2D eigenvalue weighted by Crippen LogP contribution is 2.43. The lowest BCUT2D eigenvalue weighted by molar-refractivity contribution is -0.141. The van der Waals surface area contributed by atoms with Crippen LogP contribution in [-0.4, -0.2) is 18.2 Å². The summed E-state index contributed by atoms with van der Waals surface area (Å²) >= 11 is 0. The maximum atomic E-state index is 11.4. The molecule has 0 saturated heterocycles. The van der Waals surface area contributed by atoms with Gasteiger partial charge in [0.05, 0.1) is 13.5 Å². The van der Waals surface area contributed by atoms with Gasteiger partial charge in [0.1, 0.15) is 5.75 Å². The quantitative estimate of drug-likeness (QED) is 0.818. The van der Waals surface area contributed by atoms with Crippen LogP contribution in [0.5, 0.6) is 5.75 Å². The standard InChI is InChI=1S/C14H18O3/c1-3-9-6-10-4-5-11(15)7-12(10)13(9)8-14(16)17-2/h4-5,7,9,13,15H,3,6,8H2,1-2H3. The van der Waals surface area contributed by atoms with E-state index in [0.717, 1.165) is 18.4 Å². The Labute approximate surface area is 101 Å². The van der Waals surface area contributed by atoms with Gasteiger partial charge in [0.25, 0.3) is 0 Å². The first-order chi connectivity index (χ1) is 8.15. The molecule has 0 bridgehead atoms. The highest BCUT2D eigenvalue weighted by Gasteiger charge is 2.33. The van der Waals surface area contributed by atoms with Crippen molar-refractivity contribution in [1.29, 1.82) is 0 Å². The van der Waals surface area contributed by atoms with Gasteiger partial charge in [-0.15, -0.1) is 0 Å². The average Bonchev–Trinajstić information content (AvgIpc) is 2.67. The molecule has 0 heterocycles. The van der Waals surface area contributed by atoms with E-state index in [1.807, 2.05) is 6.07 Å². The van der Waals surface area contributed by atoms with Crippen molar-refractivity contribution in [1.82, 2.24) is 0 Å². The molecule has 0 aliphatic heterocycles. The van der Waals surface area contributed by atoms with Crippen LogP contribution in [-0.2, 0) is 16.0 Å². The number of hydrogen-bond acceptors (Lipinski definition) is 3. The van der Waals surface area contributed by atoms with Crippen LogP contribution in [0.2, 0.25) is 0 Å². The number of esters is 1. The summed E-state index contributed by atoms with van der Waals surface area (Å²) in [6.45, 7) is 2.14. The molecule has 0 amide bonds. The van der Waals surface area contributed by atoms with Crippen LogP contribution < -0.4 is 0 Å². The summed E-state index contributed by atoms with van der Waals surface area (Å²) in [7, 11) is 1.42. The van der Waals surface area contributed by atoms with Crippen LogP contribution in [0.3, 0.4) is 0 Å². The fourth-order valence-electron chi connectivity index (χ4n) is 2.76. The van der Waals surface area contributed by atoms with E-state index in [2.05, 4.69) is 6.92 Å². The second-order valence-corrected chi connectivity index (χ2v) is 4.64. The minimum Gasteiger partial charge on any atom is -0.508 e. The van der Waals surface area contributed by atoms with E-state index in [9.17, 15) is 9.90 Å². The van der Waals surface area contributed by atoms with E-state index >= 15 is 0 Å². The van der Waals surface area contributed by atoms with Crippen LogP contribution in [0.15, 0.2) is 18.2 Å². The third kappa shape index (κ3) is 2.28. The SMILES string of the molecule is CCC1Cc2ccc(O)cc2C1CC(=O)OC. The summed E-state index contributed by atoms with van der Waals surface area (Å²) in [5.74, 6) is 0.764. The number of methoxy groups -OCH3 is 1. The van der Waals surface area contributed by atoms with Gasteiger partial charge in [0, 0.05) is 0 Å². The van der Waals surface area contributed by atoms with Crippen molar-refractivity contribution in [3.63, 3.8) is 0 Å². The Kier molecular flexibility index (Phi) is 3.36. The molecular formula is C14H18O3. The monoisotopic (exact) mass is 234 g/mol. The molecule has 3 nitrogen and oxygen atoms in total. The first kappa shape index (κ1) is 12.0. The molecule has 17 heavy (non-hydrogen) atoms. The number of fused-ring (bicyclic) bond motifs is 1. The van der Waals surface area contributed by atoms with Crippen molar-refractivity contribution in [2.24, 2.45) is 5.92 Å². The number of benzene rings is 1. The summed E-state index contributed by atoms with van der Waals surface area (Å²) < 4.78 is 4.75. The zero-order valence-corrected chi connectivity index (χ0v) is 10.3. The molecule has 3 heteroatoms. The van der Waals surface area contributed by atoms with Crippen LogP contribution in [0, 0.1) is 5.92 Å². The van der Waals surface area contributed by atoms with E-state index in [1.54, 1.807) is 12.1 Å². The molecule has 1 N–H and O–H groups in total. The Morgan fingerprint density at radius 3 is 2.94 bits per heavy atom. The second kappa shape index (κ2) is 4.78. The summed E-state index contributed by atoms with van der Waals surface area (Å²) in [5, 5.41) is 9.55. The van der Waals surface area contributed by atoms with Gasteiger partial charge < -0.3 is 9.84 Å². The van der Waals surface area contributed by atoms with E-state index < -0.39 is 0 Å². The summed E-state index contributed by atoms with van der Waals surface area (Å²) in [6, 6.07) is 5.47. The van der Waals surface area contributed by atoms with Gasteiger partial charge in [-0.1, -0.05) is 19.4 Å². The van der Waals surface area contributed by atoms with E-state index in [0.29, 0.717) is 12.3 Å². The predicted octanol–water partition coefficient (Wildman–Crippen LogP) is 2.62. The molecule has 92 valence electrons. The molecular weight excluding hydrogens is 216 g/mol. The molecule has 0 spiro atoms. The molecule has 2 rings (SSSR count). The number of carbonyl (C=O) groups is 1. The number of hydrogen-bond donors (Lipinski definition) is 1. The molecule has 1 aromatic carbocycles. The number of aromatic hydroxyl groups is 1. The van der Waals surface area contributed by atoms with E-state index in [4.69, 9.17) is 4.74 Å². The Morgan fingerprint density at radius 2 is 2.29 bits per heavy atom. The normalized spacial score (nSPS) is 22.2. The van der Waals surface area contributed by atoms with Crippen molar-refractivity contribution in [3.8, 4) is 5.75 Å². The Hall–Kier alpha value is -1.51. The Morgan fingerprint density at radius 1 is 1.53 bits per heavy atom. The molecule has 1 aromatic rings. The lowest BCUT2D eigenvalue weighted by atomic mass is 9.88. The van der Waals surface area contributed by atoms with Crippen LogP contribution in [0.25, 0.3) is 0 Å². The van der Waals surface area contributed by atoms with Gasteiger partial charge in [0.15, 0.2) is 0 Å². The molecule has 2 atom stereocenters. The van der Waals surface area contributed by atoms with Gasteiger partial charge in [-0.25, -0.2) is 0 Å². The van der Waals surface area contributed by atoms with Crippen LogP contribution in [0.1, 0.15) is 36.8 Å². The third-order valence-corrected chi connectivity index (χ3v) is 3.72. The molecule has 0 radical (unpaired) electrons. The second-order valence-electron chi connectivity index (χ2n) is 4.64. The van der Waals surface area contributed by atoms with Crippen molar-refractivity contribution < 1.29 is 14.6 Å². The molecule has 1 aliphatic rings. The van der Waals surface area contributed by atoms with Crippen molar-refractivity contribution >= 4 is 5.97 Å². The van der Waals surface area contributed by atoms with Crippen LogP contribution in [0.4, 0.5) is 0 Å². The summed E-state index contributed by atoms with van der Waals surface area (Å²) in [4.78, 5) is 11.4. The van der Waals surface area contributed by atoms with Crippen molar-refractivity contribution in [2.45, 2.75) is 32.1 Å². The minimum absolute atomic E-state index is 0.176. The molecule has 0 fully saturated rings. The lowest BCUT2D eigenvalue weighted by Crippen LogP contribution is -2.13. The van der Waals surface area contributed by atoms with Gasteiger partial charge in [-0.2, -0.15) is 0 Å². The number of phenolic OH excluding ortho intramolecular Hbond substituents is 1. The molecule has 0 aromatic heterocycles. The van der Waals surface area contributed by atoms with E-state index in [1.165, 1.54) is 12.7 Å². The van der Waals surface area contributed by atoms with Crippen molar-refractivity contribution in [3.05, 3.63) is 29.3 Å². The topological polar surface area (TPSA) is 46.5 Å². The summed E-state index contributed by atoms with van der Waals surface area (Å²) in [6.07, 6.45) is 2.44. The smallest absolute Gasteiger partial charge is 0.306 e. The highest BCUT2D eigenvalue weighted by atomic mass is 16.5. The van der Waals surface area contributed by atoms with Crippen molar-refractivity contribution in [2.75, 3.05) is 7.11 Å². The fraction of sp³-hybridized carbons (Fsp3) is 0.500. The zero-order chi connectivity index (χ0) is 12.4. The first-order valence-electron chi connectivity index (χ1n) is 6.04. The highest BCUT2D eigenvalue weighted by molar-refractivity contribution is 5.71. The minimum atomic E-state index is -0.176. The molecule has 2 unspecified atom stereocenters. The van der Waals surface area contributed by atoms with E-state index in [-0.39, 0.29) is 17.6 Å². The molecule has 0 saturated carbocycles. The zero-order valence-electron chi connectivity index (χ0n) is 10.3. The number of carbonyl (C=O) groups excluding carboxylic acids is 1. The predicted molar refractivity (Wildman–Crippen MR) is 65.0 cm³/mol. The first-order valence-corrected chi connectivity index (χ1v) is 6.04. The van der Waals surface area contributed by atoms with Gasteiger partial charge in [0.2, 0.25) is 0 Å². The number of rotatable bonds is 3. The number of phenols is 1. The van der Waals surface area contributed by atoms with Crippen LogP contribution >= 0.6 is 0 Å². The van der Waals surface area contributed by atoms with Gasteiger partial charge in [-0.3, -0.25) is 4.79 Å². The maximum absolute atomic E-state index is 11.4. The maximum Gasteiger partial charge on any atom is 0.306 e. The number of ether oxygens (including phenoxy) is 1.